The van der Waals surface area contributed by atoms with E-state index < -0.39 is 0 Å². The molecule has 27 heavy (non-hydrogen) atoms. The topological polar surface area (TPSA) is 0 Å². The highest BCUT2D eigenvalue weighted by atomic mass is 32.1. The molecule has 0 bridgehead atoms. The molecule has 0 nitrogen and oxygen atoms in total. The number of hydrogen-bond donors (Lipinski definition) is 2. The van der Waals surface area contributed by atoms with Crippen LogP contribution in [0.1, 0.15) is 30.9 Å². The maximum Gasteiger partial charge on any atom is 0.0279 e. The molecule has 0 spiro atoms. The summed E-state index contributed by atoms with van der Waals surface area (Å²) in [4.78, 5) is 1.96. The molecule has 0 saturated carbocycles. The smallest absolute Gasteiger partial charge is 0.0279 e. The van der Waals surface area contributed by atoms with Crippen molar-refractivity contribution in [3.63, 3.8) is 0 Å². The highest BCUT2D eigenvalue weighted by Gasteiger charge is 2.16. The van der Waals surface area contributed by atoms with Crippen molar-refractivity contribution in [2.24, 2.45) is 0 Å². The number of hydrogen-bond acceptors (Lipinski definition) is 2. The summed E-state index contributed by atoms with van der Waals surface area (Å²) in [6.45, 7) is 8.13. The van der Waals surface area contributed by atoms with Gasteiger partial charge in [-0.1, -0.05) is 68.5 Å². The van der Waals surface area contributed by atoms with Crippen molar-refractivity contribution >= 4 is 46.8 Å². The molecule has 0 fully saturated rings. The van der Waals surface area contributed by atoms with Gasteiger partial charge < -0.3 is 0 Å². The molecule has 0 N–H and O–H groups in total. The van der Waals surface area contributed by atoms with Gasteiger partial charge in [-0.05, 0) is 56.9 Å². The zero-order valence-electron chi connectivity index (χ0n) is 15.7. The second-order valence-electron chi connectivity index (χ2n) is 6.22. The van der Waals surface area contributed by atoms with Gasteiger partial charge in [0, 0.05) is 15.7 Å². The van der Waals surface area contributed by atoms with Crippen LogP contribution in [-0.2, 0) is 0 Å². The summed E-state index contributed by atoms with van der Waals surface area (Å²) in [6, 6.07) is 25.5. The van der Waals surface area contributed by atoms with Gasteiger partial charge in [0.15, 0.2) is 0 Å². The zero-order chi connectivity index (χ0) is 19.4. The minimum atomic E-state index is 0.129. The van der Waals surface area contributed by atoms with Gasteiger partial charge in [-0.15, -0.1) is 31.8 Å². The van der Waals surface area contributed by atoms with Gasteiger partial charge in [0.25, 0.3) is 0 Å². The van der Waals surface area contributed by atoms with Gasteiger partial charge >= 0.3 is 0 Å². The lowest BCUT2D eigenvalue weighted by Gasteiger charge is -2.19. The molecule has 4 rings (SSSR count). The molecule has 0 atom stereocenters. The summed E-state index contributed by atoms with van der Waals surface area (Å²) in [5.74, 6) is 0.129. The van der Waals surface area contributed by atoms with Crippen molar-refractivity contribution < 1.29 is 0 Å². The van der Waals surface area contributed by atoms with Crippen LogP contribution in [-0.4, -0.2) is 0 Å². The molecule has 2 heteroatoms. The molecule has 136 valence electrons. The summed E-state index contributed by atoms with van der Waals surface area (Å²) >= 11 is 8.94. The van der Waals surface area contributed by atoms with Crippen LogP contribution in [0.5, 0.6) is 0 Å². The van der Waals surface area contributed by atoms with Crippen molar-refractivity contribution in [2.45, 2.75) is 29.6 Å². The van der Waals surface area contributed by atoms with Crippen LogP contribution in [0.2, 0.25) is 0 Å². The largest absolute Gasteiger partial charge is 0.143 e. The van der Waals surface area contributed by atoms with Gasteiger partial charge in [0.1, 0.15) is 0 Å². The maximum absolute atomic E-state index is 4.47. The fourth-order valence-electron chi connectivity index (χ4n) is 3.56. The average molecular weight is 389 g/mol. The Morgan fingerprint density at radius 2 is 1.15 bits per heavy atom. The van der Waals surface area contributed by atoms with E-state index in [0.717, 1.165) is 9.79 Å². The third-order valence-electron chi connectivity index (χ3n) is 4.70. The standard InChI is InChI=1S/C23H18S2.C2H6/c1-2-19(22-7-3-5-15-13-17(24)9-11-20(15)22)23-8-4-6-16-14-18(25)10-12-21(16)23;1-2/h2-14,19,24-25H,1H2;1-2H3. The third kappa shape index (κ3) is 3.92. The molecule has 0 radical (unpaired) electrons. The summed E-state index contributed by atoms with van der Waals surface area (Å²) in [6.07, 6.45) is 2.03. The summed E-state index contributed by atoms with van der Waals surface area (Å²) in [5.41, 5.74) is 2.53. The number of fused-ring (bicyclic) bond motifs is 2. The summed E-state index contributed by atoms with van der Waals surface area (Å²) in [7, 11) is 0. The first-order chi connectivity index (χ1) is 13.2. The molecule has 0 heterocycles. The van der Waals surface area contributed by atoms with E-state index in [4.69, 9.17) is 0 Å². The minimum Gasteiger partial charge on any atom is -0.143 e. The van der Waals surface area contributed by atoms with Gasteiger partial charge in [-0.25, -0.2) is 0 Å². The highest BCUT2D eigenvalue weighted by molar-refractivity contribution is 7.80. The van der Waals surface area contributed by atoms with E-state index in [1.807, 2.05) is 32.1 Å². The number of thiol groups is 2. The first-order valence-corrected chi connectivity index (χ1v) is 10.1. The Kier molecular flexibility index (Phi) is 6.30. The molecule has 0 unspecified atom stereocenters. The lowest BCUT2D eigenvalue weighted by atomic mass is 9.85. The summed E-state index contributed by atoms with van der Waals surface area (Å²) < 4.78 is 0. The van der Waals surface area contributed by atoms with E-state index in [1.165, 1.54) is 32.7 Å². The van der Waals surface area contributed by atoms with Crippen LogP contribution in [0, 0.1) is 0 Å². The van der Waals surface area contributed by atoms with Crippen LogP contribution in [0.15, 0.2) is 95.2 Å². The molecular weight excluding hydrogens is 364 g/mol. The van der Waals surface area contributed by atoms with Crippen LogP contribution < -0.4 is 0 Å². The molecule has 0 amide bonds. The SMILES string of the molecule is C=CC(c1cccc2cc(S)ccc12)c1cccc2cc(S)ccc12.CC. The minimum absolute atomic E-state index is 0.129. The molecule has 4 aromatic carbocycles. The Balaban J connectivity index is 0.00000102. The number of rotatable bonds is 3. The zero-order valence-corrected chi connectivity index (χ0v) is 17.5. The van der Waals surface area contributed by atoms with Crippen LogP contribution in [0.4, 0.5) is 0 Å². The van der Waals surface area contributed by atoms with Crippen molar-refractivity contribution in [3.05, 3.63) is 96.6 Å². The molecule has 0 aliphatic carbocycles. The predicted octanol–water partition coefficient (Wildman–Crippen LogP) is 7.91. The van der Waals surface area contributed by atoms with Crippen LogP contribution >= 0.6 is 25.3 Å². The molecule has 0 aliphatic rings. The van der Waals surface area contributed by atoms with Crippen molar-refractivity contribution in [2.75, 3.05) is 0 Å². The maximum atomic E-state index is 4.47. The molecule has 4 aromatic rings. The molecule has 0 aliphatic heterocycles. The lowest BCUT2D eigenvalue weighted by molar-refractivity contribution is 1.06. The third-order valence-corrected chi connectivity index (χ3v) is 5.26. The van der Waals surface area contributed by atoms with Gasteiger partial charge in [-0.3, -0.25) is 0 Å². The van der Waals surface area contributed by atoms with Gasteiger partial charge in [-0.2, -0.15) is 0 Å². The first-order valence-electron chi connectivity index (χ1n) is 9.23. The lowest BCUT2D eigenvalue weighted by Crippen LogP contribution is -2.00. The fraction of sp³-hybridized carbons (Fsp3) is 0.120. The van der Waals surface area contributed by atoms with E-state index in [1.54, 1.807) is 0 Å². The Hall–Kier alpha value is -2.16. The Labute approximate surface area is 172 Å². The number of benzene rings is 4. The second kappa shape index (κ2) is 8.69. The average Bonchev–Trinajstić information content (AvgIpc) is 2.70. The van der Waals surface area contributed by atoms with Crippen molar-refractivity contribution in [1.29, 1.82) is 0 Å². The van der Waals surface area contributed by atoms with Crippen LogP contribution in [0.25, 0.3) is 21.5 Å². The summed E-state index contributed by atoms with van der Waals surface area (Å²) in [5, 5.41) is 4.89. The quantitative estimate of drug-likeness (QED) is 0.258. The van der Waals surface area contributed by atoms with E-state index in [2.05, 4.69) is 92.5 Å². The normalized spacial score (nSPS) is 10.7. The van der Waals surface area contributed by atoms with E-state index in [0.29, 0.717) is 0 Å². The van der Waals surface area contributed by atoms with Crippen molar-refractivity contribution in [3.8, 4) is 0 Å². The molecule has 0 saturated heterocycles. The predicted molar refractivity (Wildman–Crippen MR) is 126 cm³/mol. The number of allylic oxidation sites excluding steroid dienone is 1. The van der Waals surface area contributed by atoms with Gasteiger partial charge in [0.05, 0.1) is 0 Å². The Morgan fingerprint density at radius 3 is 1.56 bits per heavy atom. The second-order valence-corrected chi connectivity index (χ2v) is 7.25. The monoisotopic (exact) mass is 388 g/mol. The Bertz CT molecular complexity index is 1010. The van der Waals surface area contributed by atoms with E-state index in [-0.39, 0.29) is 5.92 Å². The first kappa shape index (κ1) is 19.6. The van der Waals surface area contributed by atoms with E-state index in [9.17, 15) is 0 Å². The molecule has 0 aromatic heterocycles. The van der Waals surface area contributed by atoms with Gasteiger partial charge in [0.2, 0.25) is 0 Å². The molecular formula is C25H24S2. The fourth-order valence-corrected chi connectivity index (χ4v) is 3.98. The van der Waals surface area contributed by atoms with E-state index >= 15 is 0 Å². The van der Waals surface area contributed by atoms with Crippen molar-refractivity contribution in [1.82, 2.24) is 0 Å². The highest BCUT2D eigenvalue weighted by Crippen LogP contribution is 2.36. The van der Waals surface area contributed by atoms with Crippen LogP contribution in [0.3, 0.4) is 0 Å². The Morgan fingerprint density at radius 1 is 0.704 bits per heavy atom.